The average molecular weight is 387 g/mol. The fraction of sp³-hybridized carbons (Fsp3) is 0.273. The number of anilines is 2. The molecule has 3 aromatic rings. The summed E-state index contributed by atoms with van der Waals surface area (Å²) in [7, 11) is 1.58. The minimum atomic E-state index is -0.169. The Labute approximate surface area is 169 Å². The van der Waals surface area contributed by atoms with Crippen molar-refractivity contribution < 1.29 is 9.53 Å². The number of fused-ring (bicyclic) bond motifs is 1. The summed E-state index contributed by atoms with van der Waals surface area (Å²) in [6.45, 7) is 1.34. The van der Waals surface area contributed by atoms with Crippen LogP contribution in [-0.4, -0.2) is 36.1 Å². The first-order valence-corrected chi connectivity index (χ1v) is 9.54. The summed E-state index contributed by atoms with van der Waals surface area (Å²) in [4.78, 5) is 24.2. The van der Waals surface area contributed by atoms with E-state index in [2.05, 4.69) is 21.3 Å². The molecular weight excluding hydrogens is 366 g/mol. The number of methoxy groups -OCH3 is 1. The third-order valence-electron chi connectivity index (χ3n) is 5.09. The Balaban J connectivity index is 1.52. The summed E-state index contributed by atoms with van der Waals surface area (Å²) in [6, 6.07) is 16.6. The van der Waals surface area contributed by atoms with Crippen molar-refractivity contribution in [3.05, 3.63) is 54.1 Å². The van der Waals surface area contributed by atoms with Crippen LogP contribution in [0.1, 0.15) is 18.4 Å². The van der Waals surface area contributed by atoms with Gasteiger partial charge in [-0.15, -0.1) is 0 Å². The summed E-state index contributed by atoms with van der Waals surface area (Å²) < 4.78 is 5.48. The standard InChI is InChI=1S/C22H21N5O2/c1-29-22-20(25-18-6-2-3-7-19(18)26-22)27-12-4-5-16(14-27)21(28)24-17-10-8-15(13-23)9-11-17/h2-3,6-11,16H,4-5,12,14H2,1H3,(H,24,28)/t16-/m0/s1. The molecule has 146 valence electrons. The third-order valence-corrected chi connectivity index (χ3v) is 5.09. The minimum Gasteiger partial charge on any atom is -0.478 e. The number of ether oxygens (including phenoxy) is 1. The highest BCUT2D eigenvalue weighted by Gasteiger charge is 2.29. The van der Waals surface area contributed by atoms with Crippen LogP contribution >= 0.6 is 0 Å². The van der Waals surface area contributed by atoms with E-state index in [0.29, 0.717) is 29.5 Å². The van der Waals surface area contributed by atoms with Gasteiger partial charge in [-0.25, -0.2) is 9.97 Å². The maximum absolute atomic E-state index is 12.8. The number of nitriles is 1. The van der Waals surface area contributed by atoms with Crippen molar-refractivity contribution in [3.8, 4) is 11.9 Å². The smallest absolute Gasteiger partial charge is 0.257 e. The predicted octanol–water partition coefficient (Wildman–Crippen LogP) is 3.37. The van der Waals surface area contributed by atoms with Crippen LogP contribution in [0.5, 0.6) is 5.88 Å². The maximum atomic E-state index is 12.8. The molecule has 4 rings (SSSR count). The molecule has 0 unspecified atom stereocenters. The van der Waals surface area contributed by atoms with Gasteiger partial charge in [0, 0.05) is 18.8 Å². The first-order valence-electron chi connectivity index (χ1n) is 9.54. The van der Waals surface area contributed by atoms with Crippen LogP contribution in [0.15, 0.2) is 48.5 Å². The van der Waals surface area contributed by atoms with Gasteiger partial charge in [-0.1, -0.05) is 12.1 Å². The van der Waals surface area contributed by atoms with Crippen molar-refractivity contribution in [2.45, 2.75) is 12.8 Å². The Kier molecular flexibility index (Phi) is 5.25. The van der Waals surface area contributed by atoms with E-state index in [1.54, 1.807) is 31.4 Å². The summed E-state index contributed by atoms with van der Waals surface area (Å²) in [5, 5.41) is 11.8. The number of aromatic nitrogens is 2. The Hall–Kier alpha value is -3.66. The van der Waals surface area contributed by atoms with Crippen molar-refractivity contribution in [2.75, 3.05) is 30.4 Å². The molecule has 1 saturated heterocycles. The molecule has 0 spiro atoms. The average Bonchev–Trinajstić information content (AvgIpc) is 2.78. The van der Waals surface area contributed by atoms with Gasteiger partial charge in [0.1, 0.15) is 0 Å². The van der Waals surface area contributed by atoms with E-state index in [0.717, 1.165) is 30.4 Å². The number of piperidine rings is 1. The fourth-order valence-electron chi connectivity index (χ4n) is 3.57. The molecule has 1 fully saturated rings. The molecule has 1 N–H and O–H groups in total. The van der Waals surface area contributed by atoms with Crippen LogP contribution in [-0.2, 0) is 4.79 Å². The largest absolute Gasteiger partial charge is 0.478 e. The first-order chi connectivity index (χ1) is 14.2. The van der Waals surface area contributed by atoms with Crippen molar-refractivity contribution in [2.24, 2.45) is 5.92 Å². The number of amides is 1. The monoisotopic (exact) mass is 387 g/mol. The van der Waals surface area contributed by atoms with Crippen molar-refractivity contribution in [1.29, 1.82) is 5.26 Å². The first kappa shape index (κ1) is 18.7. The van der Waals surface area contributed by atoms with Gasteiger partial charge in [-0.05, 0) is 49.2 Å². The van der Waals surface area contributed by atoms with Crippen LogP contribution < -0.4 is 15.0 Å². The predicted molar refractivity (Wildman–Crippen MR) is 111 cm³/mol. The number of hydrogen-bond donors (Lipinski definition) is 1. The molecule has 1 aliphatic rings. The van der Waals surface area contributed by atoms with Gasteiger partial charge in [0.15, 0.2) is 5.82 Å². The second-order valence-corrected chi connectivity index (χ2v) is 7.01. The third kappa shape index (κ3) is 3.97. The van der Waals surface area contributed by atoms with E-state index < -0.39 is 0 Å². The number of benzene rings is 2. The van der Waals surface area contributed by atoms with Crippen LogP contribution in [0.2, 0.25) is 0 Å². The van der Waals surface area contributed by atoms with Crippen LogP contribution in [0, 0.1) is 17.2 Å². The molecule has 1 amide bonds. The minimum absolute atomic E-state index is 0.0351. The molecule has 2 aromatic carbocycles. The second-order valence-electron chi connectivity index (χ2n) is 7.01. The Morgan fingerprint density at radius 2 is 1.90 bits per heavy atom. The normalized spacial score (nSPS) is 16.3. The zero-order valence-corrected chi connectivity index (χ0v) is 16.1. The number of nitrogens with one attached hydrogen (secondary N) is 1. The number of nitrogens with zero attached hydrogens (tertiary/aromatic N) is 4. The summed E-state index contributed by atoms with van der Waals surface area (Å²) in [6.07, 6.45) is 1.69. The number of rotatable bonds is 4. The molecule has 0 saturated carbocycles. The molecular formula is C22H21N5O2. The summed E-state index contributed by atoms with van der Waals surface area (Å²) in [5.41, 5.74) is 2.83. The van der Waals surface area contributed by atoms with E-state index >= 15 is 0 Å². The fourth-order valence-corrected chi connectivity index (χ4v) is 3.57. The zero-order valence-electron chi connectivity index (χ0n) is 16.1. The van der Waals surface area contributed by atoms with E-state index in [4.69, 9.17) is 15.0 Å². The van der Waals surface area contributed by atoms with Gasteiger partial charge in [-0.2, -0.15) is 5.26 Å². The number of hydrogen-bond acceptors (Lipinski definition) is 6. The van der Waals surface area contributed by atoms with Gasteiger partial charge in [0.25, 0.3) is 5.88 Å². The molecule has 1 aliphatic heterocycles. The van der Waals surface area contributed by atoms with Crippen molar-refractivity contribution >= 4 is 28.4 Å². The molecule has 2 heterocycles. The number of carbonyl (C=O) groups excluding carboxylic acids is 1. The lowest BCUT2D eigenvalue weighted by Crippen LogP contribution is -2.41. The second kappa shape index (κ2) is 8.15. The van der Waals surface area contributed by atoms with Crippen molar-refractivity contribution in [3.63, 3.8) is 0 Å². The Bertz CT molecular complexity index is 1070. The van der Waals surface area contributed by atoms with Crippen LogP contribution in [0.4, 0.5) is 11.5 Å². The lowest BCUT2D eigenvalue weighted by atomic mass is 9.97. The number of para-hydroxylation sites is 2. The van der Waals surface area contributed by atoms with Gasteiger partial charge in [0.2, 0.25) is 5.91 Å². The highest BCUT2D eigenvalue weighted by Crippen LogP contribution is 2.30. The topological polar surface area (TPSA) is 91.1 Å². The highest BCUT2D eigenvalue weighted by molar-refractivity contribution is 5.93. The lowest BCUT2D eigenvalue weighted by molar-refractivity contribution is -0.120. The Morgan fingerprint density at radius 1 is 1.17 bits per heavy atom. The maximum Gasteiger partial charge on any atom is 0.257 e. The zero-order chi connectivity index (χ0) is 20.2. The lowest BCUT2D eigenvalue weighted by Gasteiger charge is -2.33. The molecule has 29 heavy (non-hydrogen) atoms. The van der Waals surface area contributed by atoms with E-state index in [1.807, 2.05) is 24.3 Å². The molecule has 1 atom stereocenters. The van der Waals surface area contributed by atoms with E-state index in [1.165, 1.54) is 0 Å². The molecule has 0 aliphatic carbocycles. The van der Waals surface area contributed by atoms with Crippen molar-refractivity contribution in [1.82, 2.24) is 9.97 Å². The van der Waals surface area contributed by atoms with Gasteiger partial charge in [0.05, 0.1) is 35.7 Å². The molecule has 7 heteroatoms. The molecule has 7 nitrogen and oxygen atoms in total. The number of carbonyl (C=O) groups is 1. The van der Waals surface area contributed by atoms with Gasteiger partial charge >= 0.3 is 0 Å². The highest BCUT2D eigenvalue weighted by atomic mass is 16.5. The summed E-state index contributed by atoms with van der Waals surface area (Å²) >= 11 is 0. The van der Waals surface area contributed by atoms with Gasteiger partial charge in [-0.3, -0.25) is 4.79 Å². The quantitative estimate of drug-likeness (QED) is 0.738. The molecule has 1 aromatic heterocycles. The van der Waals surface area contributed by atoms with Crippen LogP contribution in [0.3, 0.4) is 0 Å². The van der Waals surface area contributed by atoms with E-state index in [-0.39, 0.29) is 11.8 Å². The van der Waals surface area contributed by atoms with E-state index in [9.17, 15) is 4.79 Å². The SMILES string of the molecule is COc1nc2ccccc2nc1N1CCC[C@H](C(=O)Nc2ccc(C#N)cc2)C1. The molecule has 0 bridgehead atoms. The Morgan fingerprint density at radius 3 is 2.59 bits per heavy atom. The van der Waals surface area contributed by atoms with Gasteiger partial charge < -0.3 is 15.0 Å². The van der Waals surface area contributed by atoms with Crippen LogP contribution in [0.25, 0.3) is 11.0 Å². The summed E-state index contributed by atoms with van der Waals surface area (Å²) in [5.74, 6) is 0.934. The molecule has 0 radical (unpaired) electrons.